The zero-order chi connectivity index (χ0) is 19.3. The van der Waals surface area contributed by atoms with Crippen LogP contribution in [-0.2, 0) is 20.7 Å². The van der Waals surface area contributed by atoms with Crippen molar-refractivity contribution < 1.29 is 19.1 Å². The SMILES string of the molecule is CN(CC1(S)CCCCO1)C(=O)CCCOc1ccc2c(c1)CCC(=O)N2. The van der Waals surface area contributed by atoms with E-state index in [1.165, 1.54) is 0 Å². The van der Waals surface area contributed by atoms with E-state index in [-0.39, 0.29) is 11.8 Å². The van der Waals surface area contributed by atoms with E-state index >= 15 is 0 Å². The Hall–Kier alpha value is -1.73. The number of likely N-dealkylation sites (N-methyl/N-ethyl adjacent to an activating group) is 1. The molecule has 0 saturated carbocycles. The van der Waals surface area contributed by atoms with Crippen molar-refractivity contribution in [2.45, 2.75) is 49.9 Å². The quantitative estimate of drug-likeness (QED) is 0.553. The van der Waals surface area contributed by atoms with Crippen molar-refractivity contribution >= 4 is 30.1 Å². The van der Waals surface area contributed by atoms with E-state index in [0.717, 1.165) is 42.7 Å². The summed E-state index contributed by atoms with van der Waals surface area (Å²) in [5, 5.41) is 2.86. The van der Waals surface area contributed by atoms with Crippen LogP contribution in [0.2, 0.25) is 0 Å². The van der Waals surface area contributed by atoms with Gasteiger partial charge in [-0.1, -0.05) is 0 Å². The summed E-state index contributed by atoms with van der Waals surface area (Å²) in [4.78, 5) is 24.9. The summed E-state index contributed by atoms with van der Waals surface area (Å²) in [6.07, 6.45) is 5.34. The number of hydrogen-bond donors (Lipinski definition) is 2. The molecule has 0 aromatic heterocycles. The van der Waals surface area contributed by atoms with Gasteiger partial charge in [-0.05, 0) is 55.9 Å². The Morgan fingerprint density at radius 1 is 1.37 bits per heavy atom. The molecular formula is C20H28N2O4S. The molecule has 1 N–H and O–H groups in total. The van der Waals surface area contributed by atoms with E-state index in [1.807, 2.05) is 18.2 Å². The fourth-order valence-corrected chi connectivity index (χ4v) is 3.94. The van der Waals surface area contributed by atoms with E-state index in [1.54, 1.807) is 11.9 Å². The topological polar surface area (TPSA) is 67.9 Å². The molecule has 1 aromatic carbocycles. The lowest BCUT2D eigenvalue weighted by Gasteiger charge is -2.36. The summed E-state index contributed by atoms with van der Waals surface area (Å²) < 4.78 is 11.5. The minimum atomic E-state index is -0.516. The van der Waals surface area contributed by atoms with Gasteiger partial charge in [0.2, 0.25) is 11.8 Å². The highest BCUT2D eigenvalue weighted by molar-refractivity contribution is 7.81. The first kappa shape index (κ1) is 20.0. The molecule has 0 radical (unpaired) electrons. The minimum Gasteiger partial charge on any atom is -0.494 e. The lowest BCUT2D eigenvalue weighted by atomic mass is 10.0. The highest BCUT2D eigenvalue weighted by Gasteiger charge is 2.31. The number of fused-ring (bicyclic) bond motifs is 1. The number of carbonyl (C=O) groups excluding carboxylic acids is 2. The monoisotopic (exact) mass is 392 g/mol. The Morgan fingerprint density at radius 2 is 2.22 bits per heavy atom. The molecule has 0 bridgehead atoms. The van der Waals surface area contributed by atoms with Crippen molar-refractivity contribution in [2.24, 2.45) is 0 Å². The molecule has 2 aliphatic rings. The van der Waals surface area contributed by atoms with Gasteiger partial charge in [-0.2, -0.15) is 0 Å². The molecular weight excluding hydrogens is 364 g/mol. The van der Waals surface area contributed by atoms with Gasteiger partial charge in [0, 0.05) is 32.2 Å². The first-order valence-corrected chi connectivity index (χ1v) is 10.1. The normalized spacial score (nSPS) is 21.9. The first-order valence-electron chi connectivity index (χ1n) is 9.61. The summed E-state index contributed by atoms with van der Waals surface area (Å²) in [7, 11) is 1.80. The molecule has 2 aliphatic heterocycles. The molecule has 3 rings (SSSR count). The summed E-state index contributed by atoms with van der Waals surface area (Å²) in [6, 6.07) is 5.69. The van der Waals surface area contributed by atoms with Gasteiger partial charge in [0.1, 0.15) is 10.7 Å². The van der Waals surface area contributed by atoms with Gasteiger partial charge >= 0.3 is 0 Å². The largest absolute Gasteiger partial charge is 0.494 e. The third kappa shape index (κ3) is 5.62. The molecule has 27 heavy (non-hydrogen) atoms. The molecule has 0 spiro atoms. The molecule has 2 amide bonds. The number of thiol groups is 1. The second-order valence-electron chi connectivity index (χ2n) is 7.32. The fraction of sp³-hybridized carbons (Fsp3) is 0.600. The second kappa shape index (κ2) is 8.97. The van der Waals surface area contributed by atoms with Crippen molar-refractivity contribution in [3.8, 4) is 5.75 Å². The van der Waals surface area contributed by atoms with Crippen LogP contribution in [0.25, 0.3) is 0 Å². The van der Waals surface area contributed by atoms with Crippen LogP contribution in [0.3, 0.4) is 0 Å². The number of amides is 2. The number of carbonyl (C=O) groups is 2. The Labute approximate surface area is 166 Å². The Morgan fingerprint density at radius 3 is 3.00 bits per heavy atom. The predicted molar refractivity (Wildman–Crippen MR) is 107 cm³/mol. The van der Waals surface area contributed by atoms with Crippen LogP contribution in [0.15, 0.2) is 18.2 Å². The number of anilines is 1. The maximum Gasteiger partial charge on any atom is 0.224 e. The maximum absolute atomic E-state index is 12.3. The number of aryl methyl sites for hydroxylation is 1. The Kier molecular flexibility index (Phi) is 6.65. The van der Waals surface area contributed by atoms with E-state index in [4.69, 9.17) is 9.47 Å². The van der Waals surface area contributed by atoms with E-state index in [2.05, 4.69) is 17.9 Å². The zero-order valence-electron chi connectivity index (χ0n) is 15.8. The minimum absolute atomic E-state index is 0.0559. The van der Waals surface area contributed by atoms with Crippen LogP contribution in [-0.4, -0.2) is 48.5 Å². The molecule has 1 aromatic rings. The number of benzene rings is 1. The molecule has 1 saturated heterocycles. The van der Waals surface area contributed by atoms with Gasteiger partial charge in [0.25, 0.3) is 0 Å². The summed E-state index contributed by atoms with van der Waals surface area (Å²) in [5.41, 5.74) is 1.95. The average Bonchev–Trinajstić information content (AvgIpc) is 2.65. The number of rotatable bonds is 7. The summed E-state index contributed by atoms with van der Waals surface area (Å²) >= 11 is 4.62. The van der Waals surface area contributed by atoms with Crippen LogP contribution >= 0.6 is 12.6 Å². The molecule has 148 valence electrons. The van der Waals surface area contributed by atoms with Crippen molar-refractivity contribution in [1.29, 1.82) is 0 Å². The van der Waals surface area contributed by atoms with Crippen LogP contribution in [0.1, 0.15) is 44.1 Å². The highest BCUT2D eigenvalue weighted by atomic mass is 32.1. The average molecular weight is 393 g/mol. The number of nitrogens with one attached hydrogen (secondary N) is 1. The van der Waals surface area contributed by atoms with Crippen LogP contribution in [0.4, 0.5) is 5.69 Å². The second-order valence-corrected chi connectivity index (χ2v) is 8.14. The fourth-order valence-electron chi connectivity index (χ4n) is 3.47. The molecule has 1 unspecified atom stereocenters. The van der Waals surface area contributed by atoms with Crippen molar-refractivity contribution in [3.05, 3.63) is 23.8 Å². The Bertz CT molecular complexity index is 689. The van der Waals surface area contributed by atoms with Gasteiger partial charge in [-0.25, -0.2) is 0 Å². The summed E-state index contributed by atoms with van der Waals surface area (Å²) in [5.74, 6) is 0.908. The van der Waals surface area contributed by atoms with E-state index in [9.17, 15) is 9.59 Å². The lowest BCUT2D eigenvalue weighted by Crippen LogP contribution is -2.43. The zero-order valence-corrected chi connectivity index (χ0v) is 16.7. The predicted octanol–water partition coefficient (Wildman–Crippen LogP) is 3.02. The van der Waals surface area contributed by atoms with E-state index < -0.39 is 4.93 Å². The molecule has 7 heteroatoms. The van der Waals surface area contributed by atoms with Crippen molar-refractivity contribution in [1.82, 2.24) is 4.90 Å². The van der Waals surface area contributed by atoms with Gasteiger partial charge in [0.05, 0.1) is 13.2 Å². The Balaban J connectivity index is 1.39. The number of hydrogen-bond acceptors (Lipinski definition) is 5. The van der Waals surface area contributed by atoms with Gasteiger partial charge in [-0.3, -0.25) is 9.59 Å². The van der Waals surface area contributed by atoms with Crippen LogP contribution < -0.4 is 10.1 Å². The third-order valence-corrected chi connectivity index (χ3v) is 5.51. The van der Waals surface area contributed by atoms with E-state index in [0.29, 0.717) is 39.0 Å². The molecule has 2 heterocycles. The lowest BCUT2D eigenvalue weighted by molar-refractivity contribution is -0.133. The van der Waals surface area contributed by atoms with Gasteiger partial charge in [-0.15, -0.1) is 12.6 Å². The molecule has 6 nitrogen and oxygen atoms in total. The highest BCUT2D eigenvalue weighted by Crippen LogP contribution is 2.29. The summed E-state index contributed by atoms with van der Waals surface area (Å²) in [6.45, 7) is 1.70. The first-order chi connectivity index (χ1) is 13.0. The molecule has 1 atom stereocenters. The van der Waals surface area contributed by atoms with Gasteiger partial charge in [0.15, 0.2) is 0 Å². The molecule has 1 fully saturated rings. The maximum atomic E-state index is 12.3. The van der Waals surface area contributed by atoms with Crippen molar-refractivity contribution in [3.63, 3.8) is 0 Å². The number of ether oxygens (including phenoxy) is 2. The third-order valence-electron chi connectivity index (χ3n) is 5.02. The van der Waals surface area contributed by atoms with Crippen molar-refractivity contribution in [2.75, 3.05) is 32.1 Å². The molecule has 0 aliphatic carbocycles. The van der Waals surface area contributed by atoms with Crippen LogP contribution in [0.5, 0.6) is 5.75 Å². The number of nitrogens with zero attached hydrogens (tertiary/aromatic N) is 1. The standard InChI is InChI=1S/C20H28N2O4S/c1-22(14-20(27)10-2-3-12-26-20)19(24)5-4-11-25-16-7-8-17-15(13-16)6-9-18(23)21-17/h7-8,13,27H,2-6,9-12,14H2,1H3,(H,21,23). The smallest absolute Gasteiger partial charge is 0.224 e. The van der Waals surface area contributed by atoms with Gasteiger partial charge < -0.3 is 19.7 Å². The van der Waals surface area contributed by atoms with Crippen LogP contribution in [0, 0.1) is 0 Å².